The molecule has 4 rings (SSSR count). The van der Waals surface area contributed by atoms with Crippen molar-refractivity contribution in [1.82, 2.24) is 4.90 Å². The Hall–Kier alpha value is -3.16. The summed E-state index contributed by atoms with van der Waals surface area (Å²) in [6, 6.07) is 4.28. The Labute approximate surface area is 172 Å². The minimum atomic E-state index is -0.716. The molecule has 2 aliphatic rings. The van der Waals surface area contributed by atoms with Crippen LogP contribution in [0.4, 0.5) is 0 Å². The predicted molar refractivity (Wildman–Crippen MR) is 105 cm³/mol. The van der Waals surface area contributed by atoms with E-state index in [0.717, 1.165) is 17.7 Å². The lowest BCUT2D eigenvalue weighted by Crippen LogP contribution is -2.36. The summed E-state index contributed by atoms with van der Waals surface area (Å²) in [5.74, 6) is -1.92. The molecule has 1 aliphatic carbocycles. The van der Waals surface area contributed by atoms with Gasteiger partial charge < -0.3 is 14.3 Å². The molecular weight excluding hydrogens is 390 g/mol. The molecule has 1 aromatic heterocycles. The second-order valence-corrected chi connectivity index (χ2v) is 7.84. The minimum Gasteiger partial charge on any atom is -0.508 e. The summed E-state index contributed by atoms with van der Waals surface area (Å²) >= 11 is 0. The molecule has 2 atom stereocenters. The highest BCUT2D eigenvalue weighted by atomic mass is 16.5. The molecule has 2 fully saturated rings. The van der Waals surface area contributed by atoms with Gasteiger partial charge in [-0.2, -0.15) is 0 Å². The third kappa shape index (κ3) is 3.58. The fourth-order valence-electron chi connectivity index (χ4n) is 4.43. The van der Waals surface area contributed by atoms with Crippen LogP contribution in [0.15, 0.2) is 27.4 Å². The molecule has 158 valence electrons. The van der Waals surface area contributed by atoms with Crippen LogP contribution in [-0.4, -0.2) is 34.3 Å². The number of hydrogen-bond donors (Lipinski definition) is 1. The summed E-state index contributed by atoms with van der Waals surface area (Å²) in [7, 11) is 0. The molecule has 2 heterocycles. The van der Waals surface area contributed by atoms with Crippen molar-refractivity contribution in [2.24, 2.45) is 11.8 Å². The maximum absolute atomic E-state index is 12.5. The third-order valence-electron chi connectivity index (χ3n) is 6.02. The number of aryl methyl sites for hydroxylation is 1. The minimum absolute atomic E-state index is 0.0230. The zero-order chi connectivity index (χ0) is 21.4. The van der Waals surface area contributed by atoms with E-state index in [1.807, 2.05) is 6.92 Å². The number of fused-ring (bicyclic) bond motifs is 2. The summed E-state index contributed by atoms with van der Waals surface area (Å²) in [6.07, 6.45) is 3.76. The molecule has 1 N–H and O–H groups in total. The second kappa shape index (κ2) is 7.93. The Morgan fingerprint density at radius 2 is 1.77 bits per heavy atom. The first-order valence-electron chi connectivity index (χ1n) is 10.2. The predicted octanol–water partition coefficient (Wildman–Crippen LogP) is 2.28. The molecule has 30 heavy (non-hydrogen) atoms. The fourth-order valence-corrected chi connectivity index (χ4v) is 4.43. The highest BCUT2D eigenvalue weighted by Crippen LogP contribution is 2.37. The van der Waals surface area contributed by atoms with Gasteiger partial charge in [-0.3, -0.25) is 19.3 Å². The van der Waals surface area contributed by atoms with E-state index >= 15 is 0 Å². The molecule has 1 aromatic carbocycles. The van der Waals surface area contributed by atoms with E-state index in [9.17, 15) is 24.3 Å². The van der Waals surface area contributed by atoms with Gasteiger partial charge in [0.2, 0.25) is 11.8 Å². The molecule has 1 saturated heterocycles. The molecule has 2 aromatic rings. The lowest BCUT2D eigenvalue weighted by atomic mass is 9.81. The van der Waals surface area contributed by atoms with Crippen LogP contribution in [0.3, 0.4) is 0 Å². The van der Waals surface area contributed by atoms with E-state index in [-0.39, 0.29) is 41.6 Å². The topological polar surface area (TPSA) is 114 Å². The van der Waals surface area contributed by atoms with Crippen molar-refractivity contribution in [2.75, 3.05) is 6.54 Å². The quantitative estimate of drug-likeness (QED) is 0.454. The van der Waals surface area contributed by atoms with Gasteiger partial charge in [-0.1, -0.05) is 19.8 Å². The number of amides is 2. The second-order valence-electron chi connectivity index (χ2n) is 7.84. The zero-order valence-corrected chi connectivity index (χ0v) is 16.7. The summed E-state index contributed by atoms with van der Waals surface area (Å²) < 4.78 is 10.4. The Balaban J connectivity index is 1.49. The van der Waals surface area contributed by atoms with E-state index in [1.165, 1.54) is 12.1 Å². The van der Waals surface area contributed by atoms with Gasteiger partial charge in [-0.05, 0) is 30.9 Å². The highest BCUT2D eigenvalue weighted by Gasteiger charge is 2.48. The molecular formula is C22H23NO7. The summed E-state index contributed by atoms with van der Waals surface area (Å²) in [5.41, 5.74) is 0.653. The largest absolute Gasteiger partial charge is 0.508 e. The van der Waals surface area contributed by atoms with Crippen molar-refractivity contribution in [3.8, 4) is 5.75 Å². The Morgan fingerprint density at radius 3 is 2.40 bits per heavy atom. The van der Waals surface area contributed by atoms with Crippen molar-refractivity contribution in [2.45, 2.75) is 45.6 Å². The first-order valence-corrected chi connectivity index (χ1v) is 10.2. The normalized spacial score (nSPS) is 21.2. The summed E-state index contributed by atoms with van der Waals surface area (Å²) in [6.45, 7) is 1.24. The first-order chi connectivity index (χ1) is 14.4. The Kier molecular flexibility index (Phi) is 5.32. The average Bonchev–Trinajstić information content (AvgIpc) is 2.96. The number of nitrogens with zero attached hydrogens (tertiary/aromatic N) is 1. The number of benzene rings is 1. The number of phenolic OH excluding ortho intramolecular Hbond substituents is 1. The van der Waals surface area contributed by atoms with Gasteiger partial charge in [0, 0.05) is 23.1 Å². The van der Waals surface area contributed by atoms with E-state index in [1.54, 1.807) is 6.07 Å². The number of ether oxygens (including phenoxy) is 1. The lowest BCUT2D eigenvalue weighted by molar-refractivity contribution is -0.153. The van der Waals surface area contributed by atoms with Gasteiger partial charge in [-0.15, -0.1) is 0 Å². The molecule has 1 aliphatic heterocycles. The van der Waals surface area contributed by atoms with Crippen molar-refractivity contribution < 1.29 is 28.6 Å². The average molecular weight is 413 g/mol. The van der Waals surface area contributed by atoms with E-state index < -0.39 is 18.1 Å². The molecule has 8 nitrogen and oxygen atoms in total. The number of esters is 1. The number of phenols is 1. The van der Waals surface area contributed by atoms with E-state index in [4.69, 9.17) is 9.15 Å². The van der Waals surface area contributed by atoms with Crippen LogP contribution in [0.2, 0.25) is 0 Å². The molecule has 2 amide bonds. The van der Waals surface area contributed by atoms with Gasteiger partial charge >= 0.3 is 11.6 Å². The summed E-state index contributed by atoms with van der Waals surface area (Å²) in [4.78, 5) is 50.2. The summed E-state index contributed by atoms with van der Waals surface area (Å²) in [5, 5.41) is 10.5. The number of hydrogen-bond acceptors (Lipinski definition) is 7. The number of aromatic hydroxyl groups is 1. The number of carbonyl (C=O) groups is 3. The Morgan fingerprint density at radius 1 is 1.10 bits per heavy atom. The van der Waals surface area contributed by atoms with E-state index in [2.05, 4.69) is 0 Å². The van der Waals surface area contributed by atoms with Crippen LogP contribution < -0.4 is 5.63 Å². The van der Waals surface area contributed by atoms with Crippen molar-refractivity contribution in [3.63, 3.8) is 0 Å². The fraction of sp³-hybridized carbons (Fsp3) is 0.455. The van der Waals surface area contributed by atoms with Gasteiger partial charge in [0.1, 0.15) is 24.5 Å². The van der Waals surface area contributed by atoms with Crippen molar-refractivity contribution >= 4 is 28.8 Å². The van der Waals surface area contributed by atoms with Crippen LogP contribution in [0.1, 0.15) is 43.7 Å². The first kappa shape index (κ1) is 20.1. The van der Waals surface area contributed by atoms with Gasteiger partial charge in [0.25, 0.3) is 0 Å². The standard InChI is InChI=1S/C22H23NO7/c1-2-12-7-16-13(8-19(25)30-18(16)9-17(12)24)11-29-20(26)10-23-21(27)14-5-3-4-6-15(14)22(23)28/h7-9,14-15,24H,2-6,10-11H2,1H3/t14-,15-/m0/s1. The molecule has 0 unspecified atom stereocenters. The van der Waals surface area contributed by atoms with Crippen LogP contribution in [0.25, 0.3) is 11.0 Å². The smallest absolute Gasteiger partial charge is 0.336 e. The van der Waals surface area contributed by atoms with Crippen LogP contribution >= 0.6 is 0 Å². The molecule has 0 bridgehead atoms. The molecule has 8 heteroatoms. The maximum Gasteiger partial charge on any atom is 0.336 e. The third-order valence-corrected chi connectivity index (χ3v) is 6.02. The monoisotopic (exact) mass is 413 g/mol. The number of likely N-dealkylation sites (tertiary alicyclic amines) is 1. The van der Waals surface area contributed by atoms with Gasteiger partial charge in [-0.25, -0.2) is 4.79 Å². The zero-order valence-electron chi connectivity index (χ0n) is 16.7. The van der Waals surface area contributed by atoms with Crippen LogP contribution in [0, 0.1) is 11.8 Å². The highest BCUT2D eigenvalue weighted by molar-refractivity contribution is 6.07. The number of carbonyl (C=O) groups excluding carboxylic acids is 3. The molecule has 1 saturated carbocycles. The van der Waals surface area contributed by atoms with Crippen molar-refractivity contribution in [3.05, 3.63) is 39.7 Å². The van der Waals surface area contributed by atoms with Crippen LogP contribution in [0.5, 0.6) is 5.75 Å². The van der Waals surface area contributed by atoms with E-state index in [0.29, 0.717) is 35.8 Å². The van der Waals surface area contributed by atoms with Crippen molar-refractivity contribution in [1.29, 1.82) is 0 Å². The number of imide groups is 1. The lowest BCUT2D eigenvalue weighted by Gasteiger charge is -2.19. The van der Waals surface area contributed by atoms with Crippen LogP contribution in [-0.2, 0) is 32.1 Å². The molecule has 0 radical (unpaired) electrons. The Bertz CT molecular complexity index is 1060. The maximum atomic E-state index is 12.5. The number of rotatable bonds is 5. The SMILES string of the molecule is CCc1cc2c(COC(=O)CN3C(=O)[C@H]4CCCC[C@@H]4C3=O)cc(=O)oc2cc1O. The van der Waals surface area contributed by atoms with Gasteiger partial charge in [0.05, 0.1) is 11.8 Å². The van der Waals surface area contributed by atoms with Gasteiger partial charge in [0.15, 0.2) is 0 Å². The molecule has 0 spiro atoms.